The molecule has 0 bridgehead atoms. The van der Waals surface area contributed by atoms with Crippen molar-refractivity contribution in [2.45, 2.75) is 43.5 Å². The molecule has 1 aliphatic heterocycles. The average Bonchev–Trinajstić information content (AvgIpc) is 2.76. The number of amides is 1. The lowest BCUT2D eigenvalue weighted by Gasteiger charge is -2.26. The second-order valence-corrected chi connectivity index (χ2v) is 8.50. The number of carbonyl (C=O) groups is 1. The smallest absolute Gasteiger partial charge is 0.257 e. The van der Waals surface area contributed by atoms with E-state index >= 15 is 0 Å². The van der Waals surface area contributed by atoms with Crippen molar-refractivity contribution in [3.8, 4) is 5.75 Å². The van der Waals surface area contributed by atoms with Crippen LogP contribution in [0.2, 0.25) is 0 Å². The minimum absolute atomic E-state index is 0.157. The Balaban J connectivity index is 1.67. The fourth-order valence-electron chi connectivity index (χ4n) is 3.71. The largest absolute Gasteiger partial charge is 0.493 e. The lowest BCUT2D eigenvalue weighted by Crippen LogP contribution is -2.31. The molecule has 1 amide bonds. The van der Waals surface area contributed by atoms with Crippen molar-refractivity contribution >= 4 is 23.5 Å². The number of thioether (sulfide) groups is 1. The molecule has 0 unspecified atom stereocenters. The van der Waals surface area contributed by atoms with Gasteiger partial charge in [0, 0.05) is 23.7 Å². The summed E-state index contributed by atoms with van der Waals surface area (Å²) in [6, 6.07) is 15.7. The van der Waals surface area contributed by atoms with Gasteiger partial charge in [0.15, 0.2) is 5.16 Å². The van der Waals surface area contributed by atoms with Gasteiger partial charge < -0.3 is 15.0 Å². The summed E-state index contributed by atoms with van der Waals surface area (Å²) in [5.74, 6) is 1.16. The van der Waals surface area contributed by atoms with Crippen molar-refractivity contribution in [2.24, 2.45) is 0 Å². The van der Waals surface area contributed by atoms with E-state index < -0.39 is 5.92 Å². The summed E-state index contributed by atoms with van der Waals surface area (Å²) in [4.78, 5) is 33.0. The lowest BCUT2D eigenvalue weighted by molar-refractivity contribution is -0.116. The first-order valence-electron chi connectivity index (χ1n) is 10.4. The van der Waals surface area contributed by atoms with Crippen LogP contribution in [-0.4, -0.2) is 22.5 Å². The SMILES string of the molecule is CCCOc1ccccc1[C@@H]1CC(=O)Nc2nc(SCc3ccccc3C)[nH]c(=O)c21. The lowest BCUT2D eigenvalue weighted by atomic mass is 9.86. The summed E-state index contributed by atoms with van der Waals surface area (Å²) >= 11 is 1.44. The molecular formula is C24H25N3O3S. The molecule has 0 fully saturated rings. The maximum atomic E-state index is 13.1. The number of aromatic amines is 1. The van der Waals surface area contributed by atoms with E-state index in [-0.39, 0.29) is 17.9 Å². The molecule has 0 saturated heterocycles. The second-order valence-electron chi connectivity index (χ2n) is 7.54. The van der Waals surface area contributed by atoms with Crippen molar-refractivity contribution in [1.29, 1.82) is 0 Å². The maximum Gasteiger partial charge on any atom is 0.257 e. The predicted molar refractivity (Wildman–Crippen MR) is 123 cm³/mol. The van der Waals surface area contributed by atoms with Gasteiger partial charge in [-0.2, -0.15) is 0 Å². The van der Waals surface area contributed by atoms with Crippen LogP contribution in [0.15, 0.2) is 58.5 Å². The molecule has 1 aromatic heterocycles. The average molecular weight is 436 g/mol. The van der Waals surface area contributed by atoms with Crippen LogP contribution >= 0.6 is 11.8 Å². The standard InChI is InChI=1S/C24H25N3O3S/c1-3-12-30-19-11-7-6-10-17(19)18-13-20(28)25-22-21(18)23(29)27-24(26-22)31-14-16-9-5-4-8-15(16)2/h4-11,18H,3,12-14H2,1-2H3,(H2,25,26,27,28,29)/t18-/m0/s1. The van der Waals surface area contributed by atoms with Crippen molar-refractivity contribution in [3.63, 3.8) is 0 Å². The number of hydrogen-bond acceptors (Lipinski definition) is 5. The third-order valence-corrected chi connectivity index (χ3v) is 6.23. The van der Waals surface area contributed by atoms with E-state index in [9.17, 15) is 9.59 Å². The molecule has 0 radical (unpaired) electrons. The van der Waals surface area contributed by atoms with Crippen LogP contribution in [0, 0.1) is 6.92 Å². The van der Waals surface area contributed by atoms with Crippen LogP contribution < -0.4 is 15.6 Å². The summed E-state index contributed by atoms with van der Waals surface area (Å²) < 4.78 is 5.88. The predicted octanol–water partition coefficient (Wildman–Crippen LogP) is 4.63. The van der Waals surface area contributed by atoms with Gasteiger partial charge in [-0.1, -0.05) is 61.2 Å². The Hall–Kier alpha value is -3.06. The number of carbonyl (C=O) groups excluding carboxylic acids is 1. The van der Waals surface area contributed by atoms with Gasteiger partial charge in [-0.25, -0.2) is 4.98 Å². The van der Waals surface area contributed by atoms with Crippen LogP contribution in [0.25, 0.3) is 0 Å². The van der Waals surface area contributed by atoms with Crippen LogP contribution in [0.1, 0.15) is 47.9 Å². The first-order chi connectivity index (χ1) is 15.1. The number of nitrogens with zero attached hydrogens (tertiary/aromatic N) is 1. The van der Waals surface area contributed by atoms with Gasteiger partial charge in [0.25, 0.3) is 5.56 Å². The van der Waals surface area contributed by atoms with Crippen LogP contribution in [0.5, 0.6) is 5.75 Å². The summed E-state index contributed by atoms with van der Waals surface area (Å²) in [6.45, 7) is 4.67. The first-order valence-corrected chi connectivity index (χ1v) is 11.4. The molecule has 2 N–H and O–H groups in total. The molecule has 3 aromatic rings. The molecular weight excluding hydrogens is 410 g/mol. The van der Waals surface area contributed by atoms with Gasteiger partial charge >= 0.3 is 0 Å². The summed E-state index contributed by atoms with van der Waals surface area (Å²) in [6.07, 6.45) is 1.06. The fraction of sp³-hybridized carbons (Fsp3) is 0.292. The number of benzene rings is 2. The number of aryl methyl sites for hydroxylation is 1. The Morgan fingerprint density at radius 1 is 1.13 bits per heavy atom. The van der Waals surface area contributed by atoms with E-state index in [1.165, 1.54) is 22.9 Å². The molecule has 6 nitrogen and oxygen atoms in total. The van der Waals surface area contributed by atoms with E-state index in [1.54, 1.807) is 0 Å². The van der Waals surface area contributed by atoms with E-state index in [2.05, 4.69) is 34.3 Å². The third kappa shape index (κ3) is 4.66. The summed E-state index contributed by atoms with van der Waals surface area (Å²) in [5.41, 5.74) is 3.45. The Kier molecular flexibility index (Phi) is 6.42. The zero-order chi connectivity index (χ0) is 21.8. The molecule has 1 aliphatic rings. The second kappa shape index (κ2) is 9.39. The van der Waals surface area contributed by atoms with Crippen LogP contribution in [-0.2, 0) is 10.5 Å². The van der Waals surface area contributed by atoms with Gasteiger partial charge in [-0.05, 0) is 30.5 Å². The molecule has 0 spiro atoms. The van der Waals surface area contributed by atoms with Gasteiger partial charge in [0.2, 0.25) is 5.91 Å². The molecule has 4 rings (SSSR count). The number of fused-ring (bicyclic) bond motifs is 1. The minimum Gasteiger partial charge on any atom is -0.493 e. The zero-order valence-electron chi connectivity index (χ0n) is 17.6. The van der Waals surface area contributed by atoms with Gasteiger partial charge in [0.1, 0.15) is 11.6 Å². The Morgan fingerprint density at radius 3 is 2.71 bits per heavy atom. The number of nitrogens with one attached hydrogen (secondary N) is 2. The number of H-pyrrole nitrogens is 1. The number of anilines is 1. The van der Waals surface area contributed by atoms with Crippen molar-refractivity contribution in [1.82, 2.24) is 9.97 Å². The van der Waals surface area contributed by atoms with Gasteiger partial charge in [-0.3, -0.25) is 9.59 Å². The molecule has 31 heavy (non-hydrogen) atoms. The van der Waals surface area contributed by atoms with Crippen molar-refractivity contribution in [2.75, 3.05) is 11.9 Å². The number of rotatable bonds is 7. The van der Waals surface area contributed by atoms with Crippen LogP contribution in [0.3, 0.4) is 0 Å². The summed E-state index contributed by atoms with van der Waals surface area (Å²) in [7, 11) is 0. The highest BCUT2D eigenvalue weighted by atomic mass is 32.2. The Morgan fingerprint density at radius 2 is 1.90 bits per heavy atom. The number of hydrogen-bond donors (Lipinski definition) is 2. The Labute approximate surface area is 185 Å². The van der Waals surface area contributed by atoms with E-state index in [4.69, 9.17) is 4.74 Å². The number of para-hydroxylation sites is 1. The monoisotopic (exact) mass is 435 g/mol. The molecule has 1 atom stereocenters. The summed E-state index contributed by atoms with van der Waals surface area (Å²) in [5, 5.41) is 3.28. The molecule has 2 heterocycles. The molecule has 0 saturated carbocycles. The zero-order valence-corrected chi connectivity index (χ0v) is 18.4. The van der Waals surface area contributed by atoms with Gasteiger partial charge in [0.05, 0.1) is 12.2 Å². The van der Waals surface area contributed by atoms with Crippen molar-refractivity contribution < 1.29 is 9.53 Å². The number of ether oxygens (including phenoxy) is 1. The van der Waals surface area contributed by atoms with E-state index in [0.29, 0.717) is 34.6 Å². The first kappa shape index (κ1) is 21.2. The highest BCUT2D eigenvalue weighted by Crippen LogP contribution is 2.38. The molecule has 160 valence electrons. The maximum absolute atomic E-state index is 13.1. The highest BCUT2D eigenvalue weighted by molar-refractivity contribution is 7.98. The van der Waals surface area contributed by atoms with Crippen LogP contribution in [0.4, 0.5) is 5.82 Å². The normalized spacial score (nSPS) is 15.3. The fourth-order valence-corrected chi connectivity index (χ4v) is 4.65. The number of aromatic nitrogens is 2. The highest BCUT2D eigenvalue weighted by Gasteiger charge is 2.32. The molecule has 7 heteroatoms. The third-order valence-electron chi connectivity index (χ3n) is 5.31. The Bertz CT molecular complexity index is 1160. The van der Waals surface area contributed by atoms with Gasteiger partial charge in [-0.15, -0.1) is 0 Å². The van der Waals surface area contributed by atoms with E-state index in [0.717, 1.165) is 12.0 Å². The quantitative estimate of drug-likeness (QED) is 0.417. The van der Waals surface area contributed by atoms with Crippen molar-refractivity contribution in [3.05, 3.63) is 81.1 Å². The topological polar surface area (TPSA) is 84.1 Å². The molecule has 2 aromatic carbocycles. The molecule has 0 aliphatic carbocycles. The van der Waals surface area contributed by atoms with E-state index in [1.807, 2.05) is 43.3 Å². The minimum atomic E-state index is -0.400.